The minimum absolute atomic E-state index is 1.02. The van der Waals surface area contributed by atoms with Crippen LogP contribution in [0.15, 0.2) is 0 Å². The standard InChI is InChI=1S/C15H26/c1-10-11(2)14-8-4-6-12-5-3-7-13(10)9-15(12)14/h10-15H,3-9H2,1-2H3. The maximum Gasteiger partial charge on any atom is -0.0352 e. The van der Waals surface area contributed by atoms with Crippen molar-refractivity contribution in [3.8, 4) is 0 Å². The van der Waals surface area contributed by atoms with Crippen molar-refractivity contribution in [2.75, 3.05) is 0 Å². The summed E-state index contributed by atoms with van der Waals surface area (Å²) in [4.78, 5) is 0. The Kier molecular flexibility index (Phi) is 2.57. The molecule has 0 aliphatic heterocycles. The van der Waals surface area contributed by atoms with Crippen LogP contribution in [0.4, 0.5) is 0 Å². The van der Waals surface area contributed by atoms with E-state index in [0.717, 1.165) is 35.5 Å². The molecule has 0 nitrogen and oxygen atoms in total. The molecule has 0 aromatic rings. The maximum atomic E-state index is 2.56. The Bertz CT molecular complexity index is 230. The second-order valence-corrected chi connectivity index (χ2v) is 6.66. The zero-order valence-electron chi connectivity index (χ0n) is 10.4. The van der Waals surface area contributed by atoms with Gasteiger partial charge in [0.15, 0.2) is 0 Å². The van der Waals surface area contributed by atoms with Crippen LogP contribution in [0.3, 0.4) is 0 Å². The number of fused-ring (bicyclic) bond motifs is 1. The van der Waals surface area contributed by atoms with E-state index in [4.69, 9.17) is 0 Å². The first kappa shape index (κ1) is 10.2. The molecule has 0 saturated heterocycles. The highest BCUT2D eigenvalue weighted by atomic mass is 14.5. The van der Waals surface area contributed by atoms with E-state index >= 15 is 0 Å². The predicted molar refractivity (Wildman–Crippen MR) is 64.6 cm³/mol. The molecule has 2 bridgehead atoms. The van der Waals surface area contributed by atoms with Crippen LogP contribution in [0.5, 0.6) is 0 Å². The monoisotopic (exact) mass is 206 g/mol. The van der Waals surface area contributed by atoms with Gasteiger partial charge in [0, 0.05) is 0 Å². The minimum atomic E-state index is 1.02. The second-order valence-electron chi connectivity index (χ2n) is 6.66. The molecule has 0 aromatic carbocycles. The average molecular weight is 206 g/mol. The lowest BCUT2D eigenvalue weighted by Crippen LogP contribution is -2.41. The Hall–Kier alpha value is 0. The first-order valence-corrected chi connectivity index (χ1v) is 7.27. The van der Waals surface area contributed by atoms with Crippen molar-refractivity contribution >= 4 is 0 Å². The van der Waals surface area contributed by atoms with Crippen molar-refractivity contribution in [3.63, 3.8) is 0 Å². The van der Waals surface area contributed by atoms with Gasteiger partial charge in [-0.1, -0.05) is 46.0 Å². The zero-order valence-corrected chi connectivity index (χ0v) is 10.4. The maximum absolute atomic E-state index is 2.56. The molecule has 0 aromatic heterocycles. The van der Waals surface area contributed by atoms with Gasteiger partial charge in [0.25, 0.3) is 0 Å². The molecule has 3 saturated carbocycles. The number of hydrogen-bond donors (Lipinski definition) is 0. The van der Waals surface area contributed by atoms with Crippen LogP contribution in [0, 0.1) is 35.5 Å². The predicted octanol–water partition coefficient (Wildman–Crippen LogP) is 4.49. The summed E-state index contributed by atoms with van der Waals surface area (Å²) in [5, 5.41) is 0. The van der Waals surface area contributed by atoms with Crippen LogP contribution in [-0.2, 0) is 0 Å². The van der Waals surface area contributed by atoms with Crippen molar-refractivity contribution in [1.82, 2.24) is 0 Å². The lowest BCUT2D eigenvalue weighted by molar-refractivity contribution is 0.00540. The summed E-state index contributed by atoms with van der Waals surface area (Å²) < 4.78 is 0. The van der Waals surface area contributed by atoms with Crippen LogP contribution < -0.4 is 0 Å². The van der Waals surface area contributed by atoms with Gasteiger partial charge in [0.2, 0.25) is 0 Å². The Morgan fingerprint density at radius 2 is 1.33 bits per heavy atom. The molecule has 0 amide bonds. The van der Waals surface area contributed by atoms with Gasteiger partial charge in [-0.3, -0.25) is 0 Å². The molecule has 6 unspecified atom stereocenters. The molecule has 0 radical (unpaired) electrons. The third-order valence-electron chi connectivity index (χ3n) is 6.24. The van der Waals surface area contributed by atoms with Gasteiger partial charge in [0.1, 0.15) is 0 Å². The van der Waals surface area contributed by atoms with Gasteiger partial charge < -0.3 is 0 Å². The molecule has 15 heavy (non-hydrogen) atoms. The minimum Gasteiger partial charge on any atom is -0.0620 e. The third kappa shape index (κ3) is 1.56. The zero-order chi connectivity index (χ0) is 10.4. The highest BCUT2D eigenvalue weighted by molar-refractivity contribution is 4.95. The van der Waals surface area contributed by atoms with Gasteiger partial charge >= 0.3 is 0 Å². The van der Waals surface area contributed by atoms with Gasteiger partial charge in [-0.05, 0) is 48.3 Å². The topological polar surface area (TPSA) is 0 Å². The molecule has 0 spiro atoms. The van der Waals surface area contributed by atoms with Crippen molar-refractivity contribution in [1.29, 1.82) is 0 Å². The summed E-state index contributed by atoms with van der Waals surface area (Å²) >= 11 is 0. The number of rotatable bonds is 0. The van der Waals surface area contributed by atoms with Crippen LogP contribution in [0.1, 0.15) is 58.8 Å². The van der Waals surface area contributed by atoms with Crippen LogP contribution >= 0.6 is 0 Å². The van der Waals surface area contributed by atoms with Crippen LogP contribution in [-0.4, -0.2) is 0 Å². The van der Waals surface area contributed by atoms with Gasteiger partial charge in [0.05, 0.1) is 0 Å². The van der Waals surface area contributed by atoms with Crippen molar-refractivity contribution in [3.05, 3.63) is 0 Å². The van der Waals surface area contributed by atoms with E-state index in [1.165, 1.54) is 12.8 Å². The van der Waals surface area contributed by atoms with E-state index in [0.29, 0.717) is 0 Å². The van der Waals surface area contributed by atoms with E-state index < -0.39 is 0 Å². The molecule has 0 heteroatoms. The Morgan fingerprint density at radius 1 is 0.667 bits per heavy atom. The fourth-order valence-electron chi connectivity index (χ4n) is 5.18. The Balaban J connectivity index is 1.89. The Morgan fingerprint density at radius 3 is 2.13 bits per heavy atom. The van der Waals surface area contributed by atoms with E-state index in [1.54, 1.807) is 32.1 Å². The SMILES string of the molecule is CC1C2CCCC3CCCC(C1C)C3C2. The van der Waals surface area contributed by atoms with E-state index in [2.05, 4.69) is 13.8 Å². The van der Waals surface area contributed by atoms with Crippen LogP contribution in [0.25, 0.3) is 0 Å². The summed E-state index contributed by atoms with van der Waals surface area (Å²) in [6.45, 7) is 5.10. The summed E-state index contributed by atoms with van der Waals surface area (Å²) in [6.07, 6.45) is 10.9. The molecular weight excluding hydrogens is 180 g/mol. The highest BCUT2D eigenvalue weighted by Crippen LogP contribution is 2.54. The first-order valence-electron chi connectivity index (χ1n) is 7.27. The molecule has 3 fully saturated rings. The summed E-state index contributed by atoms with van der Waals surface area (Å²) in [5.74, 6) is 6.50. The second kappa shape index (κ2) is 3.79. The molecule has 3 aliphatic carbocycles. The highest BCUT2D eigenvalue weighted by Gasteiger charge is 2.45. The summed E-state index contributed by atoms with van der Waals surface area (Å²) in [7, 11) is 0. The third-order valence-corrected chi connectivity index (χ3v) is 6.24. The largest absolute Gasteiger partial charge is 0.0620 e. The van der Waals surface area contributed by atoms with E-state index in [9.17, 15) is 0 Å². The molecule has 3 aliphatic rings. The molecule has 0 heterocycles. The molecule has 3 rings (SSSR count). The average Bonchev–Trinajstić information content (AvgIpc) is 2.46. The molecule has 86 valence electrons. The summed E-state index contributed by atoms with van der Waals surface area (Å²) in [5.41, 5.74) is 0. The first-order chi connectivity index (χ1) is 7.27. The van der Waals surface area contributed by atoms with Crippen molar-refractivity contribution in [2.45, 2.75) is 58.8 Å². The lowest BCUT2D eigenvalue weighted by Gasteiger charge is -2.49. The van der Waals surface area contributed by atoms with E-state index in [1.807, 2.05) is 0 Å². The van der Waals surface area contributed by atoms with Gasteiger partial charge in [-0.25, -0.2) is 0 Å². The number of hydrogen-bond acceptors (Lipinski definition) is 0. The molecule has 0 N–H and O–H groups in total. The van der Waals surface area contributed by atoms with E-state index in [-0.39, 0.29) is 0 Å². The fourth-order valence-corrected chi connectivity index (χ4v) is 5.18. The smallest absolute Gasteiger partial charge is 0.0352 e. The quantitative estimate of drug-likeness (QED) is 0.547. The molecular formula is C15H26. The fraction of sp³-hybridized carbons (Fsp3) is 1.00. The normalized spacial score (nSPS) is 54.8. The Labute approximate surface area is 94.8 Å². The summed E-state index contributed by atoms with van der Waals surface area (Å²) in [6, 6.07) is 0. The molecule has 6 atom stereocenters. The van der Waals surface area contributed by atoms with Gasteiger partial charge in [-0.2, -0.15) is 0 Å². The van der Waals surface area contributed by atoms with Crippen molar-refractivity contribution in [2.24, 2.45) is 35.5 Å². The van der Waals surface area contributed by atoms with Gasteiger partial charge in [-0.15, -0.1) is 0 Å². The van der Waals surface area contributed by atoms with Crippen LogP contribution in [0.2, 0.25) is 0 Å². The van der Waals surface area contributed by atoms with Crippen molar-refractivity contribution < 1.29 is 0 Å². The lowest BCUT2D eigenvalue weighted by atomic mass is 9.56.